The van der Waals surface area contributed by atoms with Gasteiger partial charge in [0.15, 0.2) is 0 Å². The average Bonchev–Trinajstić information content (AvgIpc) is 4.14. The van der Waals surface area contributed by atoms with E-state index in [1.807, 2.05) is 26.0 Å². The molecule has 0 atom stereocenters. The number of H-pyrrole nitrogens is 2. The minimum Gasteiger partial charge on any atom is -0.469 e. The molecule has 0 saturated carbocycles. The van der Waals surface area contributed by atoms with Crippen LogP contribution in [0.3, 0.4) is 0 Å². The average molecular weight is 903 g/mol. The number of fused-ring (bicyclic) bond motifs is 8. The van der Waals surface area contributed by atoms with E-state index >= 15 is 0 Å². The highest BCUT2D eigenvalue weighted by molar-refractivity contribution is 7.15. The molecule has 0 unspecified atom stereocenters. The van der Waals surface area contributed by atoms with Crippen molar-refractivity contribution in [2.45, 2.75) is 92.9 Å². The second-order valence-corrected chi connectivity index (χ2v) is 18.7. The van der Waals surface area contributed by atoms with Gasteiger partial charge in [0.05, 0.1) is 62.2 Å². The van der Waals surface area contributed by atoms with Crippen LogP contribution in [0.15, 0.2) is 36.4 Å². The third kappa shape index (κ3) is 9.12. The van der Waals surface area contributed by atoms with Gasteiger partial charge in [-0.15, -0.1) is 22.7 Å². The highest BCUT2D eigenvalue weighted by Crippen LogP contribution is 2.46. The van der Waals surface area contributed by atoms with Gasteiger partial charge in [0, 0.05) is 67.4 Å². The molecule has 7 rings (SSSR count). The van der Waals surface area contributed by atoms with Crippen LogP contribution >= 0.6 is 22.7 Å². The van der Waals surface area contributed by atoms with Gasteiger partial charge in [-0.2, -0.15) is 0 Å². The Morgan fingerprint density at radius 1 is 0.516 bits per heavy atom. The van der Waals surface area contributed by atoms with Gasteiger partial charge >= 0.3 is 23.9 Å². The summed E-state index contributed by atoms with van der Waals surface area (Å²) in [4.78, 5) is 73.8. The van der Waals surface area contributed by atoms with E-state index in [4.69, 9.17) is 28.9 Å². The molecule has 0 fully saturated rings. The predicted molar refractivity (Wildman–Crippen MR) is 255 cm³/mol. The summed E-state index contributed by atoms with van der Waals surface area (Å²) in [5, 5.41) is 0. The van der Waals surface area contributed by atoms with Crippen molar-refractivity contribution in [3.05, 3.63) is 91.2 Å². The van der Waals surface area contributed by atoms with Crippen LogP contribution in [-0.2, 0) is 51.0 Å². The smallest absolute Gasteiger partial charge is 0.305 e. The summed E-state index contributed by atoms with van der Waals surface area (Å²) < 4.78 is 20.5. The molecular formula is C50H54N4O8S2. The van der Waals surface area contributed by atoms with Gasteiger partial charge in [0.25, 0.3) is 0 Å². The molecule has 12 nitrogen and oxygen atoms in total. The highest BCUT2D eigenvalue weighted by Gasteiger charge is 2.28. The number of esters is 4. The van der Waals surface area contributed by atoms with Crippen LogP contribution in [0.5, 0.6) is 0 Å². The Labute approximate surface area is 380 Å². The number of carbonyl (C=O) groups is 4. The lowest BCUT2D eigenvalue weighted by Crippen LogP contribution is -2.02. The fourth-order valence-electron chi connectivity index (χ4n) is 8.72. The van der Waals surface area contributed by atoms with Gasteiger partial charge in [0.1, 0.15) is 0 Å². The summed E-state index contributed by atoms with van der Waals surface area (Å²) in [5.74, 6) is -1.31. The number of rotatable bonds is 14. The zero-order valence-corrected chi connectivity index (χ0v) is 39.7. The Hall–Kier alpha value is -6.12. The van der Waals surface area contributed by atoms with Gasteiger partial charge in [-0.1, -0.05) is 0 Å². The molecule has 5 aromatic heterocycles. The van der Waals surface area contributed by atoms with Gasteiger partial charge in [-0.3, -0.25) is 19.2 Å². The first-order chi connectivity index (χ1) is 30.7. The number of aryl methyl sites for hydroxylation is 6. The van der Waals surface area contributed by atoms with Crippen molar-refractivity contribution in [3.8, 4) is 20.9 Å². The van der Waals surface area contributed by atoms with Crippen LogP contribution in [0.25, 0.3) is 65.2 Å². The maximum absolute atomic E-state index is 12.7. The number of aromatic nitrogens is 4. The molecule has 8 bridgehead atoms. The molecular weight excluding hydrogens is 849 g/mol. The molecule has 2 aliphatic rings. The van der Waals surface area contributed by atoms with Crippen molar-refractivity contribution in [2.24, 2.45) is 0 Å². The molecule has 5 aromatic rings. The molecule has 14 heteroatoms. The van der Waals surface area contributed by atoms with Crippen LogP contribution in [0, 0.1) is 27.7 Å². The SMILES string of the molecule is COC(=O)CCC1=C(C)c2nc1cc1[nH]c(c(C)c1CCC(=O)OC)c(-c1ccc(C)s1)c1nc(cc3[nH]c(c(C)c3CCC(=O)OC)c2-c2ccc(C)s2)C(CCC(=O)OC)=C1C. The zero-order chi connectivity index (χ0) is 46.0. The lowest BCUT2D eigenvalue weighted by molar-refractivity contribution is -0.141. The molecule has 334 valence electrons. The van der Waals surface area contributed by atoms with Crippen molar-refractivity contribution in [2.75, 3.05) is 28.4 Å². The van der Waals surface area contributed by atoms with Crippen LogP contribution < -0.4 is 0 Å². The minimum atomic E-state index is -0.329. The van der Waals surface area contributed by atoms with Crippen LogP contribution in [0.1, 0.15) is 107 Å². The summed E-state index contributed by atoms with van der Waals surface area (Å²) in [5.41, 5.74) is 15.2. The number of ether oxygens (including phenoxy) is 4. The minimum absolute atomic E-state index is 0.150. The van der Waals surface area contributed by atoms with Gasteiger partial charge in [-0.25, -0.2) is 9.97 Å². The van der Waals surface area contributed by atoms with E-state index in [0.29, 0.717) is 37.1 Å². The van der Waals surface area contributed by atoms with Gasteiger partial charge < -0.3 is 28.9 Å². The Kier molecular flexibility index (Phi) is 13.9. The summed E-state index contributed by atoms with van der Waals surface area (Å²) in [6.07, 6.45) is 2.15. The number of carbonyl (C=O) groups excluding carboxylic acids is 4. The molecule has 0 saturated heterocycles. The molecule has 0 spiro atoms. The fourth-order valence-corrected chi connectivity index (χ4v) is 10.6. The number of methoxy groups -OCH3 is 4. The summed E-state index contributed by atoms with van der Waals surface area (Å²) >= 11 is 3.31. The van der Waals surface area contributed by atoms with Crippen molar-refractivity contribution in [3.63, 3.8) is 0 Å². The highest BCUT2D eigenvalue weighted by atomic mass is 32.1. The van der Waals surface area contributed by atoms with E-state index in [9.17, 15) is 19.2 Å². The summed E-state index contributed by atoms with van der Waals surface area (Å²) in [7, 11) is 5.57. The molecule has 2 N–H and O–H groups in total. The van der Waals surface area contributed by atoms with Crippen LogP contribution in [0.4, 0.5) is 0 Å². The van der Waals surface area contributed by atoms with E-state index in [-0.39, 0.29) is 49.6 Å². The lowest BCUT2D eigenvalue weighted by Gasteiger charge is -2.07. The Morgan fingerprint density at radius 3 is 1.17 bits per heavy atom. The largest absolute Gasteiger partial charge is 0.469 e. The van der Waals surface area contributed by atoms with E-state index in [1.165, 1.54) is 28.4 Å². The molecule has 7 heterocycles. The second kappa shape index (κ2) is 19.3. The maximum atomic E-state index is 12.7. The van der Waals surface area contributed by atoms with Crippen molar-refractivity contribution < 1.29 is 38.1 Å². The third-order valence-corrected chi connectivity index (χ3v) is 14.3. The normalized spacial score (nSPS) is 12.5. The standard InChI is InChI=1S/C50H54N4O8S2/c1-25-11-17-39(63-25)45-47-27(3)31(13-19-41(55)59-7)35(51-47)23-37-33(15-21-43(57)61-9)29(5)49(53-37)46(40-18-12-26(2)64-40)50-30(6)34(16-22-44(58)62-10)38(54-50)24-36-32(14-20-42(56)60-8)28(4)48(45)52-36/h11-12,17-18,23-24,51,54H,13-16,19-22H2,1-10H3. The molecule has 0 aliphatic carbocycles. The quantitative estimate of drug-likeness (QED) is 0.0810. The molecule has 0 amide bonds. The van der Waals surface area contributed by atoms with E-state index < -0.39 is 0 Å². The number of nitrogens with zero attached hydrogens (tertiary/aromatic N) is 2. The monoisotopic (exact) mass is 902 g/mol. The molecule has 0 radical (unpaired) electrons. The number of hydrogen-bond donors (Lipinski definition) is 2. The molecule has 2 aliphatic heterocycles. The maximum Gasteiger partial charge on any atom is 0.305 e. The van der Waals surface area contributed by atoms with Crippen LogP contribution in [0.2, 0.25) is 0 Å². The molecule has 0 aromatic carbocycles. The lowest BCUT2D eigenvalue weighted by atomic mass is 9.96. The predicted octanol–water partition coefficient (Wildman–Crippen LogP) is 11.0. The Bertz CT molecular complexity index is 2740. The summed E-state index contributed by atoms with van der Waals surface area (Å²) in [6.45, 7) is 12.3. The van der Waals surface area contributed by atoms with Crippen molar-refractivity contribution in [1.82, 2.24) is 19.9 Å². The Balaban J connectivity index is 1.73. The van der Waals surface area contributed by atoms with E-state index in [1.54, 1.807) is 22.7 Å². The van der Waals surface area contributed by atoms with E-state index in [2.05, 4.69) is 61.9 Å². The topological polar surface area (TPSA) is 163 Å². The number of nitrogens with one attached hydrogen (secondary N) is 2. The van der Waals surface area contributed by atoms with Crippen molar-refractivity contribution in [1.29, 1.82) is 0 Å². The number of thiophene rings is 2. The number of hydrogen-bond acceptors (Lipinski definition) is 12. The first kappa shape index (κ1) is 45.9. The number of aromatic amines is 2. The van der Waals surface area contributed by atoms with Gasteiger partial charge in [-0.05, 0) is 148 Å². The fraction of sp³-hybridized carbons (Fsp3) is 0.360. The van der Waals surface area contributed by atoms with Crippen molar-refractivity contribution >= 4 is 90.9 Å². The zero-order valence-electron chi connectivity index (χ0n) is 38.1. The molecule has 64 heavy (non-hydrogen) atoms. The first-order valence-corrected chi connectivity index (χ1v) is 22.9. The van der Waals surface area contributed by atoms with Crippen LogP contribution in [-0.4, -0.2) is 72.3 Å². The van der Waals surface area contributed by atoms with Gasteiger partial charge in [0.2, 0.25) is 0 Å². The summed E-state index contributed by atoms with van der Waals surface area (Å²) in [6, 6.07) is 12.5. The first-order valence-electron chi connectivity index (χ1n) is 21.3. The Morgan fingerprint density at radius 2 is 0.859 bits per heavy atom. The second-order valence-electron chi connectivity index (χ2n) is 16.1. The number of allylic oxidation sites excluding steroid dienone is 4. The van der Waals surface area contributed by atoms with E-state index in [0.717, 1.165) is 109 Å². The third-order valence-electron chi connectivity index (χ3n) is 12.3.